The summed E-state index contributed by atoms with van der Waals surface area (Å²) in [6.07, 6.45) is -4.37. The van der Waals surface area contributed by atoms with E-state index in [4.69, 9.17) is 5.73 Å². The number of alkyl halides is 3. The summed E-state index contributed by atoms with van der Waals surface area (Å²) in [7, 11) is 0. The third kappa shape index (κ3) is 3.77. The molecule has 0 fully saturated rings. The van der Waals surface area contributed by atoms with Crippen molar-refractivity contribution in [3.05, 3.63) is 65.7 Å². The standard InChI is InChI=1S/C15H14F3NS/c16-15(17,18)13-9-5-4-8-12(13)14(19)10-20-11-6-2-1-3-7-11/h1-9,14H,10,19H2. The van der Waals surface area contributed by atoms with E-state index in [0.29, 0.717) is 5.75 Å². The highest BCUT2D eigenvalue weighted by molar-refractivity contribution is 7.99. The molecular formula is C15H14F3NS. The molecule has 106 valence electrons. The Hall–Kier alpha value is -1.46. The number of hydrogen-bond donors (Lipinski definition) is 1. The normalized spacial score (nSPS) is 13.2. The summed E-state index contributed by atoms with van der Waals surface area (Å²) >= 11 is 1.45. The van der Waals surface area contributed by atoms with Crippen LogP contribution in [0.4, 0.5) is 13.2 Å². The number of nitrogens with two attached hydrogens (primary N) is 1. The molecule has 1 atom stereocenters. The molecule has 2 aromatic carbocycles. The van der Waals surface area contributed by atoms with Crippen molar-refractivity contribution >= 4 is 11.8 Å². The summed E-state index contributed by atoms with van der Waals surface area (Å²) < 4.78 is 38.7. The smallest absolute Gasteiger partial charge is 0.323 e. The first-order valence-corrected chi connectivity index (χ1v) is 7.06. The van der Waals surface area contributed by atoms with Gasteiger partial charge in [-0.3, -0.25) is 0 Å². The fourth-order valence-electron chi connectivity index (χ4n) is 1.87. The second-order valence-electron chi connectivity index (χ2n) is 4.32. The van der Waals surface area contributed by atoms with Crippen molar-refractivity contribution in [2.24, 2.45) is 5.73 Å². The average Bonchev–Trinajstić information content (AvgIpc) is 2.45. The Morgan fingerprint density at radius 1 is 0.950 bits per heavy atom. The van der Waals surface area contributed by atoms with E-state index in [9.17, 15) is 13.2 Å². The average molecular weight is 297 g/mol. The molecule has 0 aliphatic carbocycles. The molecule has 0 aromatic heterocycles. The van der Waals surface area contributed by atoms with Crippen LogP contribution in [0.25, 0.3) is 0 Å². The van der Waals surface area contributed by atoms with Gasteiger partial charge >= 0.3 is 6.18 Å². The van der Waals surface area contributed by atoms with Crippen LogP contribution in [0.1, 0.15) is 17.2 Å². The fourth-order valence-corrected chi connectivity index (χ4v) is 2.77. The SMILES string of the molecule is NC(CSc1ccccc1)c1ccccc1C(F)(F)F. The molecule has 1 nitrogen and oxygen atoms in total. The minimum Gasteiger partial charge on any atom is -0.323 e. The number of rotatable bonds is 4. The van der Waals surface area contributed by atoms with Gasteiger partial charge in [-0.1, -0.05) is 36.4 Å². The molecule has 1 unspecified atom stereocenters. The minimum absolute atomic E-state index is 0.142. The predicted octanol–water partition coefficient (Wildman–Crippen LogP) is 4.50. The molecule has 0 saturated carbocycles. The van der Waals surface area contributed by atoms with Crippen LogP contribution in [0.2, 0.25) is 0 Å². The maximum absolute atomic E-state index is 12.9. The van der Waals surface area contributed by atoms with Gasteiger partial charge in [-0.25, -0.2) is 0 Å². The Balaban J connectivity index is 2.12. The Morgan fingerprint density at radius 2 is 1.55 bits per heavy atom. The zero-order valence-electron chi connectivity index (χ0n) is 10.6. The molecule has 0 heterocycles. The highest BCUT2D eigenvalue weighted by atomic mass is 32.2. The van der Waals surface area contributed by atoms with Crippen molar-refractivity contribution in [3.8, 4) is 0 Å². The topological polar surface area (TPSA) is 26.0 Å². The van der Waals surface area contributed by atoms with Gasteiger partial charge in [-0.05, 0) is 23.8 Å². The first kappa shape index (κ1) is 14.9. The molecule has 0 spiro atoms. The number of halogens is 3. The minimum atomic E-state index is -4.37. The molecule has 0 aliphatic rings. The van der Waals surface area contributed by atoms with Gasteiger partial charge in [0.2, 0.25) is 0 Å². The van der Waals surface area contributed by atoms with E-state index in [2.05, 4.69) is 0 Å². The van der Waals surface area contributed by atoms with E-state index in [-0.39, 0.29) is 5.56 Å². The van der Waals surface area contributed by atoms with E-state index < -0.39 is 17.8 Å². The summed E-state index contributed by atoms with van der Waals surface area (Å²) in [6, 6.07) is 14.3. The van der Waals surface area contributed by atoms with Gasteiger partial charge in [-0.2, -0.15) is 13.2 Å². The van der Waals surface area contributed by atoms with Gasteiger partial charge < -0.3 is 5.73 Å². The summed E-state index contributed by atoms with van der Waals surface area (Å²) in [6.45, 7) is 0. The van der Waals surface area contributed by atoms with E-state index in [0.717, 1.165) is 11.0 Å². The van der Waals surface area contributed by atoms with Crippen LogP contribution in [-0.2, 0) is 6.18 Å². The van der Waals surface area contributed by atoms with Crippen LogP contribution in [0, 0.1) is 0 Å². The van der Waals surface area contributed by atoms with Crippen molar-refractivity contribution in [3.63, 3.8) is 0 Å². The predicted molar refractivity (Wildman–Crippen MR) is 75.5 cm³/mol. The summed E-state index contributed by atoms with van der Waals surface area (Å²) in [4.78, 5) is 0.993. The summed E-state index contributed by atoms with van der Waals surface area (Å²) in [5.41, 5.74) is 5.41. The van der Waals surface area contributed by atoms with Crippen molar-refractivity contribution in [1.29, 1.82) is 0 Å². The second kappa shape index (κ2) is 6.33. The van der Waals surface area contributed by atoms with Crippen LogP contribution in [0.5, 0.6) is 0 Å². The van der Waals surface area contributed by atoms with E-state index >= 15 is 0 Å². The van der Waals surface area contributed by atoms with Crippen LogP contribution in [0.3, 0.4) is 0 Å². The Bertz CT molecular complexity index is 555. The van der Waals surface area contributed by atoms with Gasteiger partial charge in [0.1, 0.15) is 0 Å². The lowest BCUT2D eigenvalue weighted by atomic mass is 10.0. The zero-order chi connectivity index (χ0) is 14.6. The Morgan fingerprint density at radius 3 is 2.20 bits per heavy atom. The lowest BCUT2D eigenvalue weighted by Gasteiger charge is -2.18. The molecule has 0 aliphatic heterocycles. The van der Waals surface area contributed by atoms with Crippen LogP contribution >= 0.6 is 11.8 Å². The largest absolute Gasteiger partial charge is 0.416 e. The lowest BCUT2D eigenvalue weighted by molar-refractivity contribution is -0.138. The third-order valence-electron chi connectivity index (χ3n) is 2.84. The second-order valence-corrected chi connectivity index (χ2v) is 5.41. The lowest BCUT2D eigenvalue weighted by Crippen LogP contribution is -2.19. The number of benzene rings is 2. The first-order valence-electron chi connectivity index (χ1n) is 6.08. The molecule has 2 N–H and O–H groups in total. The van der Waals surface area contributed by atoms with Crippen LogP contribution in [0.15, 0.2) is 59.5 Å². The monoisotopic (exact) mass is 297 g/mol. The molecule has 0 saturated heterocycles. The fraction of sp³-hybridized carbons (Fsp3) is 0.200. The zero-order valence-corrected chi connectivity index (χ0v) is 11.4. The van der Waals surface area contributed by atoms with Crippen LogP contribution < -0.4 is 5.73 Å². The van der Waals surface area contributed by atoms with Crippen molar-refractivity contribution < 1.29 is 13.2 Å². The van der Waals surface area contributed by atoms with E-state index in [1.54, 1.807) is 6.07 Å². The van der Waals surface area contributed by atoms with E-state index in [1.807, 2.05) is 30.3 Å². The van der Waals surface area contributed by atoms with E-state index in [1.165, 1.54) is 23.9 Å². The van der Waals surface area contributed by atoms with Gasteiger partial charge in [0, 0.05) is 16.7 Å². The molecule has 20 heavy (non-hydrogen) atoms. The molecule has 5 heteroatoms. The number of thioether (sulfide) groups is 1. The van der Waals surface area contributed by atoms with Gasteiger partial charge in [0.05, 0.1) is 5.56 Å². The van der Waals surface area contributed by atoms with Crippen molar-refractivity contribution in [2.45, 2.75) is 17.1 Å². The summed E-state index contributed by atoms with van der Waals surface area (Å²) in [5.74, 6) is 0.400. The Labute approximate surface area is 120 Å². The molecule has 0 bridgehead atoms. The number of hydrogen-bond acceptors (Lipinski definition) is 2. The van der Waals surface area contributed by atoms with Gasteiger partial charge in [0.15, 0.2) is 0 Å². The molecule has 2 rings (SSSR count). The van der Waals surface area contributed by atoms with Crippen molar-refractivity contribution in [2.75, 3.05) is 5.75 Å². The quantitative estimate of drug-likeness (QED) is 0.841. The molecular weight excluding hydrogens is 283 g/mol. The molecule has 2 aromatic rings. The maximum Gasteiger partial charge on any atom is 0.416 e. The van der Waals surface area contributed by atoms with Crippen LogP contribution in [-0.4, -0.2) is 5.75 Å². The highest BCUT2D eigenvalue weighted by Gasteiger charge is 2.34. The first-order chi connectivity index (χ1) is 9.48. The maximum atomic E-state index is 12.9. The highest BCUT2D eigenvalue weighted by Crippen LogP contribution is 2.35. The third-order valence-corrected chi connectivity index (χ3v) is 3.97. The molecule has 0 radical (unpaired) electrons. The Kier molecular flexibility index (Phi) is 4.73. The summed E-state index contributed by atoms with van der Waals surface area (Å²) in [5, 5.41) is 0. The molecule has 0 amide bonds. The van der Waals surface area contributed by atoms with Gasteiger partial charge in [0.25, 0.3) is 0 Å². The van der Waals surface area contributed by atoms with Gasteiger partial charge in [-0.15, -0.1) is 11.8 Å². The van der Waals surface area contributed by atoms with Crippen molar-refractivity contribution in [1.82, 2.24) is 0 Å².